The molecule has 1 aromatic heterocycles. The number of carboxylic acid groups (broad SMARTS) is 1. The first-order valence-electron chi connectivity index (χ1n) is 6.14. The van der Waals surface area contributed by atoms with Crippen LogP contribution in [-0.4, -0.2) is 47.6 Å². The molecule has 20 heavy (non-hydrogen) atoms. The van der Waals surface area contributed by atoms with E-state index >= 15 is 0 Å². The zero-order chi connectivity index (χ0) is 15.3. The molecule has 8 heteroatoms. The Morgan fingerprint density at radius 1 is 1.45 bits per heavy atom. The minimum absolute atomic E-state index is 0.000666. The van der Waals surface area contributed by atoms with Gasteiger partial charge in [0.1, 0.15) is 4.88 Å². The number of hydrogen-bond donors (Lipinski definition) is 2. The summed E-state index contributed by atoms with van der Waals surface area (Å²) in [5.41, 5.74) is -0.993. The number of carboxylic acids is 1. The number of nitrogens with zero attached hydrogens (tertiary/aromatic N) is 1. The Hall–Kier alpha value is -0.960. The lowest BCUT2D eigenvalue weighted by molar-refractivity contribution is -0.0932. The zero-order valence-electron chi connectivity index (χ0n) is 11.5. The van der Waals surface area contributed by atoms with Crippen molar-refractivity contribution in [3.8, 4) is 0 Å². The number of aliphatic hydroxyl groups is 1. The summed E-state index contributed by atoms with van der Waals surface area (Å²) in [6.07, 6.45) is 0. The Morgan fingerprint density at radius 2 is 2.00 bits per heavy atom. The van der Waals surface area contributed by atoms with Gasteiger partial charge in [0, 0.05) is 18.0 Å². The maximum atomic E-state index is 12.4. The molecule has 0 aliphatic carbocycles. The molecule has 0 saturated carbocycles. The maximum Gasteiger partial charge on any atom is 0.345 e. The molecule has 6 nitrogen and oxygen atoms in total. The summed E-state index contributed by atoms with van der Waals surface area (Å²) in [6.45, 7) is 5.35. The molecule has 0 spiro atoms. The summed E-state index contributed by atoms with van der Waals surface area (Å²) in [5.74, 6) is -1.17. The minimum atomic E-state index is -3.73. The van der Waals surface area contributed by atoms with Crippen molar-refractivity contribution >= 4 is 27.3 Å². The lowest BCUT2D eigenvalue weighted by Gasteiger charge is -2.47. The fourth-order valence-electron chi connectivity index (χ4n) is 2.07. The van der Waals surface area contributed by atoms with E-state index in [0.717, 1.165) is 11.3 Å². The quantitative estimate of drug-likeness (QED) is 0.868. The van der Waals surface area contributed by atoms with Gasteiger partial charge in [0.05, 0.1) is 10.5 Å². The third kappa shape index (κ3) is 2.37. The van der Waals surface area contributed by atoms with Crippen molar-refractivity contribution in [2.75, 3.05) is 13.1 Å². The normalized spacial score (nSPS) is 19.1. The Balaban J connectivity index is 2.27. The van der Waals surface area contributed by atoms with E-state index < -0.39 is 21.6 Å². The maximum absolute atomic E-state index is 12.4. The molecular formula is C12H17NO5S2. The van der Waals surface area contributed by atoms with Crippen LogP contribution in [0.15, 0.2) is 11.0 Å². The van der Waals surface area contributed by atoms with Crippen LogP contribution in [-0.2, 0) is 10.0 Å². The van der Waals surface area contributed by atoms with Gasteiger partial charge in [-0.1, -0.05) is 13.8 Å². The average molecular weight is 319 g/mol. The van der Waals surface area contributed by atoms with E-state index in [4.69, 9.17) is 5.11 Å². The number of hydrogen-bond acceptors (Lipinski definition) is 5. The van der Waals surface area contributed by atoms with Crippen molar-refractivity contribution in [2.45, 2.75) is 31.3 Å². The van der Waals surface area contributed by atoms with E-state index in [0.29, 0.717) is 4.88 Å². The number of aryl methyl sites for hydroxylation is 1. The van der Waals surface area contributed by atoms with Crippen LogP contribution in [0.3, 0.4) is 0 Å². The van der Waals surface area contributed by atoms with Gasteiger partial charge in [-0.15, -0.1) is 11.3 Å². The van der Waals surface area contributed by atoms with E-state index in [2.05, 4.69) is 0 Å². The van der Waals surface area contributed by atoms with E-state index in [1.807, 2.05) is 13.8 Å². The number of thiophene rings is 1. The lowest BCUT2D eigenvalue weighted by Crippen LogP contribution is -2.65. The Bertz CT molecular complexity index is 641. The summed E-state index contributed by atoms with van der Waals surface area (Å²) in [7, 11) is -3.73. The predicted octanol–water partition coefficient (Wildman–Crippen LogP) is 1.15. The van der Waals surface area contributed by atoms with Gasteiger partial charge in [0.15, 0.2) is 0 Å². The van der Waals surface area contributed by atoms with Crippen molar-refractivity contribution in [3.05, 3.63) is 15.8 Å². The highest BCUT2D eigenvalue weighted by molar-refractivity contribution is 7.89. The second-order valence-electron chi connectivity index (χ2n) is 5.37. The number of rotatable bonds is 4. The molecule has 2 heterocycles. The smallest absolute Gasteiger partial charge is 0.345 e. The van der Waals surface area contributed by atoms with Crippen LogP contribution in [0, 0.1) is 12.8 Å². The average Bonchev–Trinajstić information content (AvgIpc) is 2.67. The molecule has 112 valence electrons. The van der Waals surface area contributed by atoms with Crippen LogP contribution in [0.25, 0.3) is 0 Å². The van der Waals surface area contributed by atoms with Gasteiger partial charge in [0.2, 0.25) is 10.0 Å². The largest absolute Gasteiger partial charge is 0.477 e. The second-order valence-corrected chi connectivity index (χ2v) is 8.53. The second kappa shape index (κ2) is 4.80. The van der Waals surface area contributed by atoms with Gasteiger partial charge in [-0.3, -0.25) is 0 Å². The van der Waals surface area contributed by atoms with E-state index in [9.17, 15) is 18.3 Å². The highest BCUT2D eigenvalue weighted by atomic mass is 32.2. The number of sulfonamides is 1. The Kier molecular flexibility index (Phi) is 3.70. The molecule has 0 unspecified atom stereocenters. The van der Waals surface area contributed by atoms with Gasteiger partial charge >= 0.3 is 5.97 Å². The molecule has 0 atom stereocenters. The highest BCUT2D eigenvalue weighted by Gasteiger charge is 2.49. The number of aromatic carboxylic acids is 1. The molecular weight excluding hydrogens is 302 g/mol. The molecule has 1 saturated heterocycles. The van der Waals surface area contributed by atoms with Crippen LogP contribution >= 0.6 is 11.3 Å². The summed E-state index contributed by atoms with van der Waals surface area (Å²) in [5, 5.41) is 19.0. The summed E-state index contributed by atoms with van der Waals surface area (Å²) in [4.78, 5) is 11.4. The first-order valence-corrected chi connectivity index (χ1v) is 8.40. The third-order valence-electron chi connectivity index (χ3n) is 3.68. The topological polar surface area (TPSA) is 94.9 Å². The predicted molar refractivity (Wildman–Crippen MR) is 74.6 cm³/mol. The molecule has 1 aliphatic rings. The summed E-state index contributed by atoms with van der Waals surface area (Å²) in [6, 6.07) is 1.18. The number of carbonyl (C=O) groups is 1. The van der Waals surface area contributed by atoms with Crippen LogP contribution in [0.1, 0.15) is 28.4 Å². The Morgan fingerprint density at radius 3 is 2.40 bits per heavy atom. The molecule has 0 bridgehead atoms. The van der Waals surface area contributed by atoms with Crippen molar-refractivity contribution < 1.29 is 23.4 Å². The lowest BCUT2D eigenvalue weighted by atomic mass is 9.85. The van der Waals surface area contributed by atoms with E-state index in [-0.39, 0.29) is 28.8 Å². The van der Waals surface area contributed by atoms with Crippen molar-refractivity contribution in [1.29, 1.82) is 0 Å². The molecule has 1 fully saturated rings. The van der Waals surface area contributed by atoms with Gasteiger partial charge in [-0.25, -0.2) is 13.2 Å². The summed E-state index contributed by atoms with van der Waals surface area (Å²) < 4.78 is 26.0. The van der Waals surface area contributed by atoms with Gasteiger partial charge < -0.3 is 10.2 Å². The fraction of sp³-hybridized carbons (Fsp3) is 0.583. The van der Waals surface area contributed by atoms with Gasteiger partial charge in [0.25, 0.3) is 0 Å². The van der Waals surface area contributed by atoms with Crippen molar-refractivity contribution in [1.82, 2.24) is 4.31 Å². The number of β-amino-alcohol motifs (C(OH)–C–C–N with tert-alkyl or cyclic N) is 1. The fourth-order valence-corrected chi connectivity index (χ4v) is 5.03. The van der Waals surface area contributed by atoms with Crippen LogP contribution in [0.2, 0.25) is 0 Å². The molecule has 2 N–H and O–H groups in total. The Labute approximate surface area is 121 Å². The molecule has 0 aromatic carbocycles. The molecule has 1 aliphatic heterocycles. The van der Waals surface area contributed by atoms with Gasteiger partial charge in [-0.2, -0.15) is 4.31 Å². The summed E-state index contributed by atoms with van der Waals surface area (Å²) >= 11 is 0.940. The van der Waals surface area contributed by atoms with Crippen LogP contribution in [0.5, 0.6) is 0 Å². The molecule has 1 aromatic rings. The van der Waals surface area contributed by atoms with Crippen molar-refractivity contribution in [2.24, 2.45) is 5.92 Å². The standard InChI is InChI=1S/C12H17NO5S2/c1-7(2)12(16)5-13(6-12)20(17,18)10-4-9(11(14)15)19-8(10)3/h4,7,16H,5-6H2,1-3H3,(H,14,15). The molecule has 0 amide bonds. The van der Waals surface area contributed by atoms with Crippen LogP contribution < -0.4 is 0 Å². The van der Waals surface area contributed by atoms with Gasteiger partial charge in [-0.05, 0) is 18.9 Å². The molecule has 2 rings (SSSR count). The highest BCUT2D eigenvalue weighted by Crippen LogP contribution is 2.36. The monoisotopic (exact) mass is 319 g/mol. The SMILES string of the molecule is Cc1sc(C(=O)O)cc1S(=O)(=O)N1CC(O)(C(C)C)C1. The van der Waals surface area contributed by atoms with Crippen molar-refractivity contribution in [3.63, 3.8) is 0 Å². The molecule has 0 radical (unpaired) electrons. The first-order chi connectivity index (χ1) is 9.08. The zero-order valence-corrected chi connectivity index (χ0v) is 13.1. The minimum Gasteiger partial charge on any atom is -0.477 e. The van der Waals surface area contributed by atoms with E-state index in [1.54, 1.807) is 6.92 Å². The third-order valence-corrected chi connectivity index (χ3v) is 6.76. The van der Waals surface area contributed by atoms with Crippen LogP contribution in [0.4, 0.5) is 0 Å². The first kappa shape index (κ1) is 15.4. The van der Waals surface area contributed by atoms with E-state index in [1.165, 1.54) is 10.4 Å².